The standard InChI is InChI=1S/C25H29N5O3SSi/c1-25(2,3)35(18-10-6-4-7-11-18,19-12-8-5-9-13-19)32-17-21-20(28-29-26)16-23(33-21)30-15-14-22(31)27-24(30)34/h4-15,20-21,23H,16-17H2,1-3H3,(H,27,31,34)/t20-,21+,23+/m0/s1. The van der Waals surface area contributed by atoms with Crippen molar-refractivity contribution < 1.29 is 9.16 Å². The number of H-pyrrole nitrogens is 1. The lowest BCUT2D eigenvalue weighted by molar-refractivity contribution is -0.0230. The van der Waals surface area contributed by atoms with Crippen LogP contribution in [0.15, 0.2) is 82.8 Å². The molecule has 1 N–H and O–H groups in total. The molecule has 0 spiro atoms. The van der Waals surface area contributed by atoms with E-state index >= 15 is 0 Å². The van der Waals surface area contributed by atoms with Crippen molar-refractivity contribution in [1.82, 2.24) is 9.55 Å². The lowest BCUT2D eigenvalue weighted by Gasteiger charge is -2.43. The summed E-state index contributed by atoms with van der Waals surface area (Å²) in [6, 6.07) is 21.7. The summed E-state index contributed by atoms with van der Waals surface area (Å²) in [6.45, 7) is 6.89. The Hall–Kier alpha value is -3.01. The fourth-order valence-electron chi connectivity index (χ4n) is 4.85. The third kappa shape index (κ3) is 5.02. The second-order valence-electron chi connectivity index (χ2n) is 9.63. The first kappa shape index (κ1) is 25.1. The van der Waals surface area contributed by atoms with Gasteiger partial charge in [0.1, 0.15) is 6.23 Å². The van der Waals surface area contributed by atoms with E-state index in [0.717, 1.165) is 10.4 Å². The van der Waals surface area contributed by atoms with E-state index in [1.54, 1.807) is 10.8 Å². The normalized spacial score (nSPS) is 20.4. The number of benzene rings is 2. The number of hydrogen-bond donors (Lipinski definition) is 1. The van der Waals surface area contributed by atoms with Gasteiger partial charge in [-0.1, -0.05) is 86.5 Å². The van der Waals surface area contributed by atoms with E-state index in [9.17, 15) is 10.3 Å². The van der Waals surface area contributed by atoms with Gasteiger partial charge < -0.3 is 9.16 Å². The zero-order valence-electron chi connectivity index (χ0n) is 20.0. The maximum atomic E-state index is 11.6. The fraction of sp³-hybridized carbons (Fsp3) is 0.360. The monoisotopic (exact) mass is 507 g/mol. The van der Waals surface area contributed by atoms with Gasteiger partial charge in [0.15, 0.2) is 4.77 Å². The van der Waals surface area contributed by atoms with Crippen molar-refractivity contribution in [3.05, 3.63) is 98.5 Å². The molecular weight excluding hydrogens is 478 g/mol. The van der Waals surface area contributed by atoms with Gasteiger partial charge in [-0.05, 0) is 33.2 Å². The molecule has 0 aliphatic carbocycles. The number of rotatable bonds is 7. The molecule has 2 heterocycles. The number of nitrogens with zero attached hydrogens (tertiary/aromatic N) is 4. The molecule has 0 unspecified atom stereocenters. The first-order valence-electron chi connectivity index (χ1n) is 11.5. The first-order chi connectivity index (χ1) is 16.8. The van der Waals surface area contributed by atoms with Crippen molar-refractivity contribution in [3.8, 4) is 0 Å². The van der Waals surface area contributed by atoms with Crippen LogP contribution in [0.3, 0.4) is 0 Å². The van der Waals surface area contributed by atoms with Crippen LogP contribution in [0.2, 0.25) is 5.04 Å². The van der Waals surface area contributed by atoms with Crippen LogP contribution in [0.5, 0.6) is 0 Å². The summed E-state index contributed by atoms with van der Waals surface area (Å²) < 4.78 is 15.3. The molecule has 3 aromatic rings. The van der Waals surface area contributed by atoms with Gasteiger partial charge in [-0.15, -0.1) is 0 Å². The summed E-state index contributed by atoms with van der Waals surface area (Å²) in [4.78, 5) is 17.3. The molecule has 1 aromatic heterocycles. The van der Waals surface area contributed by atoms with Crippen molar-refractivity contribution in [2.24, 2.45) is 5.11 Å². The van der Waals surface area contributed by atoms with E-state index in [4.69, 9.17) is 21.4 Å². The quantitative estimate of drug-likeness (QED) is 0.168. The summed E-state index contributed by atoms with van der Waals surface area (Å²) >= 11 is 5.32. The molecule has 0 bridgehead atoms. The Kier molecular flexibility index (Phi) is 7.39. The van der Waals surface area contributed by atoms with Crippen molar-refractivity contribution in [2.75, 3.05) is 6.61 Å². The van der Waals surface area contributed by atoms with Gasteiger partial charge in [0.25, 0.3) is 13.9 Å². The molecule has 1 fully saturated rings. The van der Waals surface area contributed by atoms with E-state index in [-0.39, 0.29) is 22.0 Å². The fourth-order valence-corrected chi connectivity index (χ4v) is 9.70. The topological polar surface area (TPSA) is 105 Å². The smallest absolute Gasteiger partial charge is 0.261 e. The third-order valence-electron chi connectivity index (χ3n) is 6.45. The van der Waals surface area contributed by atoms with Crippen LogP contribution in [-0.2, 0) is 9.16 Å². The molecule has 0 radical (unpaired) electrons. The van der Waals surface area contributed by atoms with Crippen molar-refractivity contribution in [3.63, 3.8) is 0 Å². The lowest BCUT2D eigenvalue weighted by atomic mass is 10.1. The second-order valence-corrected chi connectivity index (χ2v) is 14.3. The van der Waals surface area contributed by atoms with Crippen LogP contribution in [0.4, 0.5) is 0 Å². The summed E-state index contributed by atoms with van der Waals surface area (Å²) in [5.41, 5.74) is 8.93. The summed E-state index contributed by atoms with van der Waals surface area (Å²) in [5, 5.41) is 6.14. The minimum absolute atomic E-state index is 0.191. The van der Waals surface area contributed by atoms with Crippen LogP contribution < -0.4 is 15.9 Å². The molecule has 10 heteroatoms. The largest absolute Gasteiger partial charge is 0.405 e. The van der Waals surface area contributed by atoms with Gasteiger partial charge in [0, 0.05) is 23.6 Å². The molecule has 35 heavy (non-hydrogen) atoms. The Labute approximate surface area is 210 Å². The van der Waals surface area contributed by atoms with Crippen molar-refractivity contribution in [1.29, 1.82) is 0 Å². The molecule has 182 valence electrons. The van der Waals surface area contributed by atoms with Crippen molar-refractivity contribution >= 4 is 30.9 Å². The van der Waals surface area contributed by atoms with Crippen molar-refractivity contribution in [2.45, 2.75) is 50.6 Å². The molecule has 1 aliphatic rings. The molecule has 2 aromatic carbocycles. The molecular formula is C25H29N5O3SSi. The highest BCUT2D eigenvalue weighted by atomic mass is 32.1. The molecule has 0 amide bonds. The minimum atomic E-state index is -2.78. The Morgan fingerprint density at radius 3 is 2.26 bits per heavy atom. The second kappa shape index (κ2) is 10.3. The average molecular weight is 508 g/mol. The maximum Gasteiger partial charge on any atom is 0.261 e. The zero-order valence-corrected chi connectivity index (χ0v) is 21.8. The Morgan fingerprint density at radius 2 is 1.74 bits per heavy atom. The first-order valence-corrected chi connectivity index (χ1v) is 13.8. The van der Waals surface area contributed by atoms with Gasteiger partial charge in [-0.2, -0.15) is 0 Å². The summed E-state index contributed by atoms with van der Waals surface area (Å²) in [7, 11) is -2.78. The predicted molar refractivity (Wildman–Crippen MR) is 141 cm³/mol. The van der Waals surface area contributed by atoms with Gasteiger partial charge in [0.2, 0.25) is 0 Å². The van der Waals surface area contributed by atoms with Crippen LogP contribution >= 0.6 is 12.2 Å². The van der Waals surface area contributed by atoms with Crippen LogP contribution in [0, 0.1) is 4.77 Å². The maximum absolute atomic E-state index is 11.6. The van der Waals surface area contributed by atoms with Crippen LogP contribution in [-0.4, -0.2) is 36.6 Å². The third-order valence-corrected chi connectivity index (χ3v) is 11.8. The molecule has 0 saturated carbocycles. The highest BCUT2D eigenvalue weighted by Crippen LogP contribution is 2.38. The predicted octanol–water partition coefficient (Wildman–Crippen LogP) is 4.45. The van der Waals surface area contributed by atoms with Gasteiger partial charge in [0.05, 0.1) is 18.8 Å². The Balaban J connectivity index is 1.70. The number of azide groups is 1. The van der Waals surface area contributed by atoms with E-state index in [0.29, 0.717) is 6.42 Å². The molecule has 4 rings (SSSR count). The van der Waals surface area contributed by atoms with E-state index in [2.05, 4.69) is 60.0 Å². The highest BCUT2D eigenvalue weighted by Gasteiger charge is 2.51. The average Bonchev–Trinajstić information content (AvgIpc) is 3.22. The number of aromatic amines is 1. The zero-order chi connectivity index (χ0) is 25.1. The molecule has 1 aliphatic heterocycles. The lowest BCUT2D eigenvalue weighted by Crippen LogP contribution is -2.67. The number of hydrogen-bond acceptors (Lipinski definition) is 5. The van der Waals surface area contributed by atoms with E-state index < -0.39 is 26.7 Å². The van der Waals surface area contributed by atoms with E-state index in [1.807, 2.05) is 36.4 Å². The van der Waals surface area contributed by atoms with Gasteiger partial charge in [-0.25, -0.2) is 0 Å². The van der Waals surface area contributed by atoms with Crippen LogP contribution in [0.1, 0.15) is 33.4 Å². The Bertz CT molecular complexity index is 1280. The molecule has 3 atom stereocenters. The summed E-state index contributed by atoms with van der Waals surface area (Å²) in [5.74, 6) is 0. The van der Waals surface area contributed by atoms with Crippen LogP contribution in [0.25, 0.3) is 10.4 Å². The van der Waals surface area contributed by atoms with E-state index in [1.165, 1.54) is 6.07 Å². The number of ether oxygens (including phenoxy) is 1. The SMILES string of the molecule is CC(C)(C)[Si](OC[C@H]1O[C@@H](n2ccc(=O)[nH]c2=S)C[C@@H]1N=[N+]=[N-])(c1ccccc1)c1ccccc1. The van der Waals surface area contributed by atoms with Gasteiger partial charge in [-0.3, -0.25) is 14.3 Å². The van der Waals surface area contributed by atoms with Gasteiger partial charge >= 0.3 is 0 Å². The molecule has 1 saturated heterocycles. The number of nitrogens with one attached hydrogen (secondary N) is 1. The molecule has 8 nitrogen and oxygen atoms in total. The summed E-state index contributed by atoms with van der Waals surface area (Å²) in [6.07, 6.45) is 1.10. The highest BCUT2D eigenvalue weighted by molar-refractivity contribution is 7.71. The Morgan fingerprint density at radius 1 is 1.14 bits per heavy atom. The minimum Gasteiger partial charge on any atom is -0.405 e. The number of aromatic nitrogens is 2.